The number of benzene rings is 1. The Morgan fingerprint density at radius 3 is 2.69 bits per heavy atom. The number of anilines is 3. The molecule has 0 saturated carbocycles. The molecule has 1 fully saturated rings. The summed E-state index contributed by atoms with van der Waals surface area (Å²) in [6, 6.07) is 13.0. The number of aromatic nitrogens is 5. The van der Waals surface area contributed by atoms with Crippen LogP contribution in [0.5, 0.6) is 0 Å². The molecule has 1 aliphatic heterocycles. The molecule has 11 heteroatoms. The lowest BCUT2D eigenvalue weighted by Crippen LogP contribution is -2.36. The van der Waals surface area contributed by atoms with Gasteiger partial charge in [-0.2, -0.15) is 0 Å². The molecule has 0 atom stereocenters. The van der Waals surface area contributed by atoms with Crippen LogP contribution in [0.1, 0.15) is 18.9 Å². The predicted octanol–water partition coefficient (Wildman–Crippen LogP) is 5.11. The summed E-state index contributed by atoms with van der Waals surface area (Å²) in [5.41, 5.74) is 5.68. The molecule has 6 rings (SSSR count). The first kappa shape index (κ1) is 24.6. The second kappa shape index (κ2) is 10.9. The van der Waals surface area contributed by atoms with Gasteiger partial charge >= 0.3 is 6.03 Å². The maximum atomic E-state index is 12.8. The van der Waals surface area contributed by atoms with Gasteiger partial charge in [0.05, 0.1) is 18.6 Å². The molecule has 1 aliphatic rings. The van der Waals surface area contributed by atoms with Crippen LogP contribution in [-0.2, 0) is 11.2 Å². The monoisotopic (exact) mass is 524 g/mol. The minimum Gasteiger partial charge on any atom is -0.378 e. The maximum Gasteiger partial charge on any atom is 0.326 e. The molecule has 4 aromatic heterocycles. The van der Waals surface area contributed by atoms with E-state index in [1.165, 1.54) is 0 Å². The van der Waals surface area contributed by atoms with E-state index >= 15 is 0 Å². The number of morpholine rings is 1. The van der Waals surface area contributed by atoms with Crippen LogP contribution in [0.2, 0.25) is 0 Å². The quantitative estimate of drug-likeness (QED) is 0.267. The van der Waals surface area contributed by atoms with Crippen molar-refractivity contribution in [1.82, 2.24) is 25.1 Å². The lowest BCUT2D eigenvalue weighted by Gasteiger charge is -2.27. The zero-order valence-corrected chi connectivity index (χ0v) is 21.5. The second-order valence-corrected chi connectivity index (χ2v) is 9.23. The third-order valence-electron chi connectivity index (χ3n) is 6.62. The average Bonchev–Trinajstić information content (AvgIpc) is 3.59. The van der Waals surface area contributed by atoms with Crippen molar-refractivity contribution in [3.8, 4) is 22.5 Å². The third kappa shape index (κ3) is 5.16. The van der Waals surface area contributed by atoms with E-state index < -0.39 is 6.03 Å². The highest BCUT2D eigenvalue weighted by Gasteiger charge is 2.20. The summed E-state index contributed by atoms with van der Waals surface area (Å²) in [6.07, 6.45) is 6.60. The number of nitrogens with zero attached hydrogens (tertiary/aromatic N) is 5. The van der Waals surface area contributed by atoms with Crippen molar-refractivity contribution in [2.45, 2.75) is 19.8 Å². The van der Waals surface area contributed by atoms with Crippen LogP contribution in [0.15, 0.2) is 65.7 Å². The largest absolute Gasteiger partial charge is 0.378 e. The number of pyridine rings is 1. The summed E-state index contributed by atoms with van der Waals surface area (Å²) in [6.45, 7) is 5.04. The second-order valence-electron chi connectivity index (χ2n) is 9.23. The van der Waals surface area contributed by atoms with E-state index in [0.29, 0.717) is 36.9 Å². The van der Waals surface area contributed by atoms with E-state index in [0.717, 1.165) is 58.7 Å². The number of nitrogens with one attached hydrogen (secondary N) is 3. The van der Waals surface area contributed by atoms with Gasteiger partial charge in [-0.25, -0.2) is 14.8 Å². The first-order chi connectivity index (χ1) is 19.2. The predicted molar refractivity (Wildman–Crippen MR) is 149 cm³/mol. The zero-order chi connectivity index (χ0) is 26.6. The molecule has 2 amide bonds. The van der Waals surface area contributed by atoms with Crippen molar-refractivity contribution >= 4 is 34.5 Å². The van der Waals surface area contributed by atoms with Crippen LogP contribution in [0.25, 0.3) is 33.5 Å². The van der Waals surface area contributed by atoms with Gasteiger partial charge < -0.3 is 24.5 Å². The van der Waals surface area contributed by atoms with E-state index in [1.807, 2.05) is 36.4 Å². The fourth-order valence-electron chi connectivity index (χ4n) is 4.73. The van der Waals surface area contributed by atoms with Gasteiger partial charge in [-0.1, -0.05) is 30.6 Å². The fourth-order valence-corrected chi connectivity index (χ4v) is 4.73. The topological polar surface area (TPSA) is 134 Å². The summed E-state index contributed by atoms with van der Waals surface area (Å²) >= 11 is 0. The number of hydrogen-bond donors (Lipinski definition) is 3. The van der Waals surface area contributed by atoms with Crippen LogP contribution in [-0.4, -0.2) is 57.4 Å². The van der Waals surface area contributed by atoms with Crippen LogP contribution < -0.4 is 15.5 Å². The van der Waals surface area contributed by atoms with Gasteiger partial charge in [0, 0.05) is 48.0 Å². The number of rotatable bonds is 7. The Balaban J connectivity index is 1.16. The van der Waals surface area contributed by atoms with Crippen molar-refractivity contribution < 1.29 is 14.1 Å². The normalized spacial score (nSPS) is 13.5. The van der Waals surface area contributed by atoms with Gasteiger partial charge in [-0.3, -0.25) is 10.3 Å². The van der Waals surface area contributed by atoms with Gasteiger partial charge in [0.2, 0.25) is 5.88 Å². The summed E-state index contributed by atoms with van der Waals surface area (Å²) in [7, 11) is 0. The Morgan fingerprint density at radius 1 is 1.08 bits per heavy atom. The molecule has 0 radical (unpaired) electrons. The summed E-state index contributed by atoms with van der Waals surface area (Å²) in [4.78, 5) is 31.5. The minimum absolute atomic E-state index is 0.333. The highest BCUT2D eigenvalue weighted by Crippen LogP contribution is 2.31. The SMILES string of the molecule is CCCc1c(-c2cccnc2)noc1NC(=O)Nc1ccc(-c2cc3c(N4CCOCC4)ncnc3[nH]2)cc1. The molecule has 0 aliphatic carbocycles. The number of amides is 2. The van der Waals surface area contributed by atoms with Crippen molar-refractivity contribution in [3.63, 3.8) is 0 Å². The van der Waals surface area contributed by atoms with E-state index in [4.69, 9.17) is 9.26 Å². The van der Waals surface area contributed by atoms with Gasteiger partial charge in [0.1, 0.15) is 23.5 Å². The first-order valence-electron chi connectivity index (χ1n) is 12.9. The molecule has 0 spiro atoms. The molecular weight excluding hydrogens is 496 g/mol. The van der Waals surface area contributed by atoms with E-state index in [9.17, 15) is 4.79 Å². The lowest BCUT2D eigenvalue weighted by atomic mass is 10.1. The van der Waals surface area contributed by atoms with Gasteiger partial charge in [0.15, 0.2) is 0 Å². The zero-order valence-electron chi connectivity index (χ0n) is 21.5. The Morgan fingerprint density at radius 2 is 1.92 bits per heavy atom. The van der Waals surface area contributed by atoms with Crippen LogP contribution >= 0.6 is 0 Å². The van der Waals surface area contributed by atoms with Crippen molar-refractivity contribution in [2.24, 2.45) is 0 Å². The Labute approximate surface area is 224 Å². The van der Waals surface area contributed by atoms with Crippen molar-refractivity contribution in [2.75, 3.05) is 41.8 Å². The molecule has 198 valence electrons. The molecular formula is C28H28N8O3. The lowest BCUT2D eigenvalue weighted by molar-refractivity contribution is 0.122. The number of fused-ring (bicyclic) bond motifs is 1. The van der Waals surface area contributed by atoms with E-state index in [2.05, 4.69) is 53.6 Å². The molecule has 0 unspecified atom stereocenters. The Bertz CT molecular complexity index is 1570. The van der Waals surface area contributed by atoms with Crippen molar-refractivity contribution in [1.29, 1.82) is 0 Å². The molecule has 1 saturated heterocycles. The van der Waals surface area contributed by atoms with Crippen LogP contribution in [0.4, 0.5) is 22.2 Å². The summed E-state index contributed by atoms with van der Waals surface area (Å²) in [5, 5.41) is 10.8. The van der Waals surface area contributed by atoms with Crippen LogP contribution in [0, 0.1) is 0 Å². The third-order valence-corrected chi connectivity index (χ3v) is 6.62. The number of H-pyrrole nitrogens is 1. The first-order valence-corrected chi connectivity index (χ1v) is 12.9. The summed E-state index contributed by atoms with van der Waals surface area (Å²) in [5.74, 6) is 1.24. The van der Waals surface area contributed by atoms with Gasteiger partial charge in [-0.15, -0.1) is 0 Å². The molecule has 1 aromatic carbocycles. The molecule has 3 N–H and O–H groups in total. The summed E-state index contributed by atoms with van der Waals surface area (Å²) < 4.78 is 11.0. The molecule has 5 heterocycles. The molecule has 11 nitrogen and oxygen atoms in total. The highest BCUT2D eigenvalue weighted by atomic mass is 16.5. The fraction of sp³-hybridized carbons (Fsp3) is 0.250. The Hall–Kier alpha value is -4.77. The molecule has 5 aromatic rings. The van der Waals surface area contributed by atoms with Crippen molar-refractivity contribution in [3.05, 3.63) is 66.7 Å². The number of hydrogen-bond acceptors (Lipinski definition) is 8. The Kier molecular flexibility index (Phi) is 6.88. The average molecular weight is 525 g/mol. The van der Waals surface area contributed by atoms with Crippen LogP contribution in [0.3, 0.4) is 0 Å². The number of urea groups is 1. The van der Waals surface area contributed by atoms with E-state index in [1.54, 1.807) is 18.7 Å². The number of carbonyl (C=O) groups excluding carboxylic acids is 1. The minimum atomic E-state index is -0.412. The molecule has 0 bridgehead atoms. The standard InChI is InChI=1S/C28H28N8O3/c1-2-4-21-24(19-5-3-10-29-16-19)35-39-27(21)34-28(37)32-20-8-6-18(7-9-20)23-15-22-25(33-23)30-17-31-26(22)36-11-13-38-14-12-36/h3,5-10,15-17H,2,4,11-14H2,1H3,(H,30,31,33)(H2,32,34,37). The van der Waals surface area contributed by atoms with Gasteiger partial charge in [0.25, 0.3) is 0 Å². The smallest absolute Gasteiger partial charge is 0.326 e. The highest BCUT2D eigenvalue weighted by molar-refractivity contribution is 6.00. The van der Waals surface area contributed by atoms with Gasteiger partial charge in [-0.05, 0) is 42.3 Å². The molecule has 39 heavy (non-hydrogen) atoms. The number of carbonyl (C=O) groups is 1. The number of aromatic amines is 1. The number of ether oxygens (including phenoxy) is 1. The van der Waals surface area contributed by atoms with E-state index in [-0.39, 0.29) is 0 Å². The maximum absolute atomic E-state index is 12.8.